The van der Waals surface area contributed by atoms with Crippen molar-refractivity contribution in [2.24, 2.45) is 0 Å². The molecule has 16 N–H and O–H groups in total. The quantitative estimate of drug-likeness (QED) is 0.0431. The summed E-state index contributed by atoms with van der Waals surface area (Å²) >= 11 is 0. The zero-order valence-electron chi connectivity index (χ0n) is 71.0. The summed E-state index contributed by atoms with van der Waals surface area (Å²) in [7, 11) is 0. The first-order valence-corrected chi connectivity index (χ1v) is 43.6. The molecule has 9 fully saturated rings. The Balaban J connectivity index is 0.609. The van der Waals surface area contributed by atoms with E-state index in [0.717, 1.165) is 75.6 Å². The average Bonchev–Trinajstić information content (AvgIpc) is 1.61. The van der Waals surface area contributed by atoms with Crippen molar-refractivity contribution in [2.45, 2.75) is 88.4 Å². The highest BCUT2D eigenvalue weighted by molar-refractivity contribution is 6.01. The monoisotopic (exact) mass is 1790 g/mol. The summed E-state index contributed by atoms with van der Waals surface area (Å²) in [5.74, 6) is -10.2. The Morgan fingerprint density at radius 1 is 0.262 bits per heavy atom. The lowest BCUT2D eigenvalue weighted by Gasteiger charge is -2.39. The van der Waals surface area contributed by atoms with Gasteiger partial charge in [-0.25, -0.2) is 36.7 Å². The predicted octanol–water partition coefficient (Wildman–Crippen LogP) is 5.06. The molecule has 8 aromatic rings. The van der Waals surface area contributed by atoms with Gasteiger partial charge in [0.1, 0.15) is 45.5 Å². The van der Waals surface area contributed by atoms with Crippen LogP contribution < -0.4 is 62.6 Å². The fourth-order valence-electron chi connectivity index (χ4n) is 18.1. The number of rotatable bonds is 12. The van der Waals surface area contributed by atoms with Gasteiger partial charge in [-0.05, 0) is 113 Å². The summed E-state index contributed by atoms with van der Waals surface area (Å²) in [5.41, 5.74) is -2.71. The van der Waals surface area contributed by atoms with Crippen LogP contribution in [0, 0.1) is 66.5 Å². The zero-order chi connectivity index (χ0) is 91.7. The van der Waals surface area contributed by atoms with Crippen LogP contribution in [0.1, 0.15) is 130 Å². The lowest BCUT2D eigenvalue weighted by atomic mass is 10.1. The van der Waals surface area contributed by atoms with Crippen molar-refractivity contribution in [3.05, 3.63) is 160 Å². The number of fused-ring (bicyclic) bond motifs is 4. The van der Waals surface area contributed by atoms with Gasteiger partial charge in [0.05, 0.1) is 44.8 Å². The molecule has 0 unspecified atom stereocenters. The molecular formula is C86H100F4N28O12. The second kappa shape index (κ2) is 35.6. The van der Waals surface area contributed by atoms with Gasteiger partial charge >= 0.3 is 23.9 Å². The van der Waals surface area contributed by atoms with Gasteiger partial charge in [0.15, 0.2) is 47.7 Å². The average molecular weight is 1790 g/mol. The number of nitrogens with one attached hydrogen (secondary N) is 12. The molecule has 0 spiro atoms. The van der Waals surface area contributed by atoms with Crippen LogP contribution in [-0.2, 0) is 0 Å². The van der Waals surface area contributed by atoms with Crippen molar-refractivity contribution in [3.8, 4) is 0 Å². The SMILES string of the molecule is N=C(NC(=N)N1CCN(c2cc3c(cc2F)c(=O)c(C(=O)O)cn3C2CC2)CC1)N1CCCN(C(=N)NC(=N)N2CCN(c3cc4c(cc3F)c(=O)c(C(=O)O)cn4C3CC3)CC2)CCN(C(=N)NC(=N)N2CCN(c3cc4c(cc3F)c(=O)c(C(=O)O)cn4C3CC3)CC2)CCCN(C(=N)NC(=N)N2CCN(c3cc4c(cc3F)c(=O)c(C(=O)O)cn4C3CC3)CC2)CC1. The van der Waals surface area contributed by atoms with Crippen molar-refractivity contribution >= 4 is 138 Å². The van der Waals surface area contributed by atoms with Crippen molar-refractivity contribution < 1.29 is 57.2 Å². The number of halogens is 4. The van der Waals surface area contributed by atoms with Gasteiger partial charge in [-0.15, -0.1) is 0 Å². The molecule has 9 aliphatic rings. The molecule has 4 saturated carbocycles. The second-order valence-corrected chi connectivity index (χ2v) is 34.4. The van der Waals surface area contributed by atoms with Crippen LogP contribution in [0.15, 0.2) is 92.5 Å². The predicted molar refractivity (Wildman–Crippen MR) is 479 cm³/mol. The first kappa shape index (κ1) is 87.5. The Morgan fingerprint density at radius 2 is 0.423 bits per heavy atom. The number of carboxylic acid groups (broad SMARTS) is 4. The maximum absolute atomic E-state index is 16.2. The minimum absolute atomic E-state index is 0.00306. The van der Waals surface area contributed by atoms with E-state index in [-0.39, 0.29) is 286 Å². The van der Waals surface area contributed by atoms with E-state index in [2.05, 4.69) is 21.3 Å². The second-order valence-electron chi connectivity index (χ2n) is 34.4. The Morgan fingerprint density at radius 3 is 0.585 bits per heavy atom. The van der Waals surface area contributed by atoms with Crippen LogP contribution in [0.5, 0.6) is 0 Å². The highest BCUT2D eigenvalue weighted by Gasteiger charge is 2.37. The third-order valence-corrected chi connectivity index (χ3v) is 26.0. The minimum Gasteiger partial charge on any atom is -0.477 e. The molecule has 5 saturated heterocycles. The van der Waals surface area contributed by atoms with Gasteiger partial charge in [-0.3, -0.25) is 83.7 Å². The van der Waals surface area contributed by atoms with Gasteiger partial charge in [0, 0.05) is 228 Å². The number of pyridine rings is 4. The molecule has 684 valence electrons. The van der Waals surface area contributed by atoms with Gasteiger partial charge in [-0.2, -0.15) is 0 Å². The van der Waals surface area contributed by atoms with E-state index in [1.54, 1.807) is 101 Å². The third-order valence-electron chi connectivity index (χ3n) is 26.0. The maximum Gasteiger partial charge on any atom is 0.341 e. The molecule has 0 bridgehead atoms. The Kier molecular flexibility index (Phi) is 24.0. The standard InChI is InChI=1S/C86H100F4N28O12/c87-59-35-51-63(115(47-3-4-47)43-55(71(51)119)75(123)124)39-67(59)103-15-23-111(24-16-103)83(95)99-79(91)107-11-1-12-108(80(92)100-84(96)112-25-17-104(18-26-112)68-40-64-52(36-60(68)88)72(120)56(76(125)126)44-116(64)48-5-6-48)32-34-110(82(94)102-86(98)114-29-21-106(22-30-114)70-42-66-54(38-62(70)90)74(122)58(78(129)130)46-118(66)50-9-10-50)14-2-13-109(33-31-107)81(93)101-85(97)113-27-19-105(20-28-113)69-41-65-53(37-61(69)89)73(121)57(77(127)128)45-117(65)49-7-8-49/h35-50H,1-34H2,(H,123,124)(H,125,126)(H,127,128)(H,129,130)(H3,91,95,99)(H3,92,96,100)(H3,93,97,101)(H3,94,98,102). The van der Waals surface area contributed by atoms with Gasteiger partial charge in [0.25, 0.3) is 0 Å². The van der Waals surface area contributed by atoms with Crippen molar-refractivity contribution in [1.82, 2.24) is 78.7 Å². The van der Waals surface area contributed by atoms with Crippen LogP contribution in [0.2, 0.25) is 0 Å². The molecule has 0 radical (unpaired) electrons. The van der Waals surface area contributed by atoms with E-state index in [4.69, 9.17) is 0 Å². The summed E-state index contributed by atoms with van der Waals surface area (Å²) in [6.07, 6.45) is 11.6. The number of hydrogen-bond acceptors (Lipinski definition) is 20. The summed E-state index contributed by atoms with van der Waals surface area (Å²) in [6, 6.07) is 10.3. The minimum atomic E-state index is -1.42. The summed E-state index contributed by atoms with van der Waals surface area (Å²) in [6.45, 7) is 3.28. The molecule has 0 atom stereocenters. The largest absolute Gasteiger partial charge is 0.477 e. The number of carbonyl (C=O) groups is 4. The molecule has 4 aliphatic carbocycles. The lowest BCUT2D eigenvalue weighted by molar-refractivity contribution is 0.0684. The van der Waals surface area contributed by atoms with Crippen LogP contribution in [-0.4, -0.2) is 307 Å². The molecule has 9 heterocycles. The van der Waals surface area contributed by atoms with Crippen molar-refractivity contribution in [1.29, 1.82) is 43.3 Å². The summed E-state index contributed by atoms with van der Waals surface area (Å²) in [4.78, 5) is 122. The summed E-state index contributed by atoms with van der Waals surface area (Å²) in [5, 5.41) is 128. The smallest absolute Gasteiger partial charge is 0.341 e. The van der Waals surface area contributed by atoms with E-state index in [1.807, 2.05) is 0 Å². The molecule has 130 heavy (non-hydrogen) atoms. The zero-order valence-corrected chi connectivity index (χ0v) is 71.0. The van der Waals surface area contributed by atoms with E-state index in [0.29, 0.717) is 22.1 Å². The Hall–Kier alpha value is -14.5. The third kappa shape index (κ3) is 17.9. The van der Waals surface area contributed by atoms with E-state index >= 15 is 17.6 Å². The fraction of sp³-hybridized carbons (Fsp3) is 0.442. The number of piperazine rings is 4. The fourth-order valence-corrected chi connectivity index (χ4v) is 18.1. The number of aromatic carboxylic acids is 4. The first-order chi connectivity index (χ1) is 62.3. The molecule has 4 aromatic heterocycles. The Labute approximate surface area is 738 Å². The number of hydrogen-bond donors (Lipinski definition) is 16. The van der Waals surface area contributed by atoms with E-state index in [1.165, 1.54) is 24.8 Å². The van der Waals surface area contributed by atoms with Gasteiger partial charge in [0.2, 0.25) is 21.7 Å². The van der Waals surface area contributed by atoms with Crippen LogP contribution in [0.4, 0.5) is 40.3 Å². The summed E-state index contributed by atoms with van der Waals surface area (Å²) < 4.78 is 71.8. The highest BCUT2D eigenvalue weighted by atomic mass is 19.1. The maximum atomic E-state index is 16.2. The molecule has 44 heteroatoms. The normalized spacial score (nSPS) is 18.2. The molecule has 4 aromatic carbocycles. The van der Waals surface area contributed by atoms with Crippen molar-refractivity contribution in [3.63, 3.8) is 0 Å². The lowest BCUT2D eigenvalue weighted by Crippen LogP contribution is -2.58. The topological polar surface area (TPSA) is 515 Å². The van der Waals surface area contributed by atoms with Crippen LogP contribution >= 0.6 is 0 Å². The molecule has 5 aliphatic heterocycles. The number of benzene rings is 4. The number of aromatic nitrogens is 4. The van der Waals surface area contributed by atoms with Gasteiger partial charge < -0.3 is 97.5 Å². The number of nitrogens with zero attached hydrogens (tertiary/aromatic N) is 16. The van der Waals surface area contributed by atoms with Gasteiger partial charge in [-0.1, -0.05) is 0 Å². The molecule has 40 nitrogen and oxygen atoms in total. The Bertz CT molecular complexity index is 5580. The molecule has 0 amide bonds. The van der Waals surface area contributed by atoms with E-state index in [9.17, 15) is 102 Å². The van der Waals surface area contributed by atoms with Crippen LogP contribution in [0.25, 0.3) is 43.6 Å². The number of carboxylic acids is 4. The number of guanidine groups is 8. The number of anilines is 4. The van der Waals surface area contributed by atoms with Crippen molar-refractivity contribution in [2.75, 3.05) is 177 Å². The first-order valence-electron chi connectivity index (χ1n) is 43.6. The molecular weight excluding hydrogens is 1690 g/mol. The van der Waals surface area contributed by atoms with Crippen LogP contribution in [0.3, 0.4) is 0 Å². The molecule has 17 rings (SSSR count). The highest BCUT2D eigenvalue weighted by Crippen LogP contribution is 2.43. The van der Waals surface area contributed by atoms with E-state index < -0.39 is 91.1 Å².